The molecule has 0 aromatic heterocycles. The molecule has 2 heterocycles. The number of fused-ring (bicyclic) bond motifs is 1. The van der Waals surface area contributed by atoms with E-state index in [9.17, 15) is 4.79 Å². The Labute approximate surface area is 154 Å². The van der Waals surface area contributed by atoms with Crippen molar-refractivity contribution in [2.75, 3.05) is 19.7 Å². The molecule has 2 aromatic rings. The number of hydrogen-bond acceptors (Lipinski definition) is 3. The van der Waals surface area contributed by atoms with Gasteiger partial charge in [0.05, 0.1) is 18.6 Å². The van der Waals surface area contributed by atoms with Gasteiger partial charge in [0.25, 0.3) is 0 Å². The summed E-state index contributed by atoms with van der Waals surface area (Å²) in [7, 11) is 0. The molecule has 0 radical (unpaired) electrons. The Morgan fingerprint density at radius 3 is 2.58 bits per heavy atom. The first-order chi connectivity index (χ1) is 12.8. The van der Waals surface area contributed by atoms with Gasteiger partial charge in [-0.1, -0.05) is 48.5 Å². The summed E-state index contributed by atoms with van der Waals surface area (Å²) in [6.45, 7) is 2.68. The van der Waals surface area contributed by atoms with Crippen LogP contribution in [0.3, 0.4) is 0 Å². The Balaban J connectivity index is 1.26. The zero-order valence-electron chi connectivity index (χ0n) is 15.0. The Bertz CT molecular complexity index is 738. The molecular formula is C22H25NO3. The third-order valence-corrected chi connectivity index (χ3v) is 5.31. The molecule has 2 aliphatic heterocycles. The third-order valence-electron chi connectivity index (χ3n) is 5.31. The molecule has 2 aliphatic rings. The van der Waals surface area contributed by atoms with Crippen LogP contribution in [0.2, 0.25) is 0 Å². The maximum Gasteiger partial charge on any atom is 0.229 e. The fourth-order valence-corrected chi connectivity index (χ4v) is 3.78. The topological polar surface area (TPSA) is 38.8 Å². The zero-order valence-corrected chi connectivity index (χ0v) is 15.0. The smallest absolute Gasteiger partial charge is 0.229 e. The second kappa shape index (κ2) is 7.92. The van der Waals surface area contributed by atoms with Gasteiger partial charge in [0.1, 0.15) is 12.4 Å². The van der Waals surface area contributed by atoms with Crippen molar-refractivity contribution in [2.45, 2.75) is 32.0 Å². The lowest BCUT2D eigenvalue weighted by Gasteiger charge is -2.35. The summed E-state index contributed by atoms with van der Waals surface area (Å²) in [5.74, 6) is 1.08. The van der Waals surface area contributed by atoms with Crippen LogP contribution in [-0.2, 0) is 22.6 Å². The molecule has 2 aromatic carbocycles. The number of benzene rings is 2. The van der Waals surface area contributed by atoms with Crippen LogP contribution in [0.4, 0.5) is 0 Å². The van der Waals surface area contributed by atoms with Gasteiger partial charge >= 0.3 is 0 Å². The lowest BCUT2D eigenvalue weighted by Crippen LogP contribution is -2.46. The van der Waals surface area contributed by atoms with E-state index in [2.05, 4.69) is 18.2 Å². The van der Waals surface area contributed by atoms with Crippen molar-refractivity contribution in [3.8, 4) is 5.75 Å². The average molecular weight is 351 g/mol. The summed E-state index contributed by atoms with van der Waals surface area (Å²) >= 11 is 0. The Morgan fingerprint density at radius 2 is 1.77 bits per heavy atom. The van der Waals surface area contributed by atoms with Crippen LogP contribution in [0.1, 0.15) is 24.0 Å². The second-order valence-electron chi connectivity index (χ2n) is 7.14. The maximum absolute atomic E-state index is 12.9. The molecule has 0 N–H and O–H groups in total. The Kier molecular flexibility index (Phi) is 5.21. The Morgan fingerprint density at radius 1 is 1.04 bits per heavy atom. The molecule has 1 amide bonds. The first-order valence-corrected chi connectivity index (χ1v) is 9.44. The number of hydrogen-bond donors (Lipinski definition) is 0. The number of ether oxygens (including phenoxy) is 2. The molecule has 0 unspecified atom stereocenters. The number of para-hydroxylation sites is 1. The van der Waals surface area contributed by atoms with E-state index in [1.165, 1.54) is 5.56 Å². The summed E-state index contributed by atoms with van der Waals surface area (Å²) in [6, 6.07) is 18.3. The van der Waals surface area contributed by atoms with Crippen LogP contribution in [0.25, 0.3) is 0 Å². The molecule has 26 heavy (non-hydrogen) atoms. The fourth-order valence-electron chi connectivity index (χ4n) is 3.78. The fraction of sp³-hybridized carbons (Fsp3) is 0.409. The normalized spacial score (nSPS) is 20.3. The number of carbonyl (C=O) groups excluding carboxylic acids is 1. The van der Waals surface area contributed by atoms with Crippen molar-refractivity contribution in [3.05, 3.63) is 65.7 Å². The van der Waals surface area contributed by atoms with Gasteiger partial charge in [0, 0.05) is 13.1 Å². The molecule has 4 heteroatoms. The number of piperidine rings is 1. The molecule has 1 saturated heterocycles. The van der Waals surface area contributed by atoms with E-state index < -0.39 is 0 Å². The molecule has 1 atom stereocenters. The predicted molar refractivity (Wildman–Crippen MR) is 100.0 cm³/mol. The lowest BCUT2D eigenvalue weighted by molar-refractivity contribution is -0.139. The minimum atomic E-state index is -0.0633. The lowest BCUT2D eigenvalue weighted by atomic mass is 9.94. The highest BCUT2D eigenvalue weighted by atomic mass is 16.5. The summed E-state index contributed by atoms with van der Waals surface area (Å²) in [5, 5.41) is 0. The van der Waals surface area contributed by atoms with E-state index in [0.717, 1.165) is 43.7 Å². The van der Waals surface area contributed by atoms with Crippen LogP contribution >= 0.6 is 0 Å². The van der Waals surface area contributed by atoms with Gasteiger partial charge in [0.15, 0.2) is 0 Å². The first-order valence-electron chi connectivity index (χ1n) is 9.44. The SMILES string of the molecule is O=C([C@@H]1COc2ccccc2C1)N1CCC(OCc2ccccc2)CC1. The van der Waals surface area contributed by atoms with Crippen LogP contribution < -0.4 is 4.74 Å². The highest BCUT2D eigenvalue weighted by Gasteiger charge is 2.31. The summed E-state index contributed by atoms with van der Waals surface area (Å²) in [6.07, 6.45) is 2.83. The monoisotopic (exact) mass is 351 g/mol. The third kappa shape index (κ3) is 3.91. The van der Waals surface area contributed by atoms with Gasteiger partial charge in [-0.15, -0.1) is 0 Å². The molecular weight excluding hydrogens is 326 g/mol. The molecule has 1 fully saturated rings. The first kappa shape index (κ1) is 17.1. The van der Waals surface area contributed by atoms with Gasteiger partial charge in [-0.25, -0.2) is 0 Å². The summed E-state index contributed by atoms with van der Waals surface area (Å²) < 4.78 is 11.8. The molecule has 0 spiro atoms. The second-order valence-corrected chi connectivity index (χ2v) is 7.14. The highest BCUT2D eigenvalue weighted by molar-refractivity contribution is 5.80. The van der Waals surface area contributed by atoms with Gasteiger partial charge in [-0.3, -0.25) is 4.79 Å². The van der Waals surface area contributed by atoms with Gasteiger partial charge in [-0.05, 0) is 36.5 Å². The maximum atomic E-state index is 12.9. The van der Waals surface area contributed by atoms with Crippen molar-refractivity contribution in [3.63, 3.8) is 0 Å². The van der Waals surface area contributed by atoms with E-state index in [1.54, 1.807) is 0 Å². The summed E-state index contributed by atoms with van der Waals surface area (Å²) in [5.41, 5.74) is 2.34. The molecule has 4 nitrogen and oxygen atoms in total. The molecule has 4 rings (SSSR count). The molecule has 136 valence electrons. The molecule has 0 bridgehead atoms. The predicted octanol–water partition coefficient (Wildman–Crippen LogP) is 3.45. The van der Waals surface area contributed by atoms with Gasteiger partial charge in [0.2, 0.25) is 5.91 Å². The average Bonchev–Trinajstić information content (AvgIpc) is 2.72. The van der Waals surface area contributed by atoms with Crippen molar-refractivity contribution in [1.29, 1.82) is 0 Å². The zero-order chi connectivity index (χ0) is 17.8. The van der Waals surface area contributed by atoms with E-state index in [1.807, 2.05) is 41.3 Å². The van der Waals surface area contributed by atoms with Crippen molar-refractivity contribution < 1.29 is 14.3 Å². The van der Waals surface area contributed by atoms with E-state index in [4.69, 9.17) is 9.47 Å². The van der Waals surface area contributed by atoms with Crippen LogP contribution in [0, 0.1) is 5.92 Å². The minimum absolute atomic E-state index is 0.0633. The van der Waals surface area contributed by atoms with E-state index in [0.29, 0.717) is 13.2 Å². The molecule has 0 saturated carbocycles. The highest BCUT2D eigenvalue weighted by Crippen LogP contribution is 2.28. The van der Waals surface area contributed by atoms with Crippen molar-refractivity contribution in [1.82, 2.24) is 4.90 Å². The largest absolute Gasteiger partial charge is 0.492 e. The molecule has 0 aliphatic carbocycles. The minimum Gasteiger partial charge on any atom is -0.492 e. The van der Waals surface area contributed by atoms with Crippen LogP contribution in [0.15, 0.2) is 54.6 Å². The van der Waals surface area contributed by atoms with Crippen LogP contribution in [-0.4, -0.2) is 36.6 Å². The van der Waals surface area contributed by atoms with Crippen molar-refractivity contribution in [2.24, 2.45) is 5.92 Å². The van der Waals surface area contributed by atoms with E-state index in [-0.39, 0.29) is 17.9 Å². The number of nitrogens with zero attached hydrogens (tertiary/aromatic N) is 1. The van der Waals surface area contributed by atoms with Crippen LogP contribution in [0.5, 0.6) is 5.75 Å². The summed E-state index contributed by atoms with van der Waals surface area (Å²) in [4.78, 5) is 14.8. The standard InChI is InChI=1S/C22H25NO3/c24-22(19-14-18-8-4-5-9-21(18)26-16-19)23-12-10-20(11-13-23)25-15-17-6-2-1-3-7-17/h1-9,19-20H,10-16H2/t19-/m0/s1. The number of carbonyl (C=O) groups is 1. The Hall–Kier alpha value is -2.33. The quantitative estimate of drug-likeness (QED) is 0.847. The van der Waals surface area contributed by atoms with Crippen molar-refractivity contribution >= 4 is 5.91 Å². The number of likely N-dealkylation sites (tertiary alicyclic amines) is 1. The van der Waals surface area contributed by atoms with Gasteiger partial charge < -0.3 is 14.4 Å². The van der Waals surface area contributed by atoms with Gasteiger partial charge in [-0.2, -0.15) is 0 Å². The number of rotatable bonds is 4. The van der Waals surface area contributed by atoms with E-state index >= 15 is 0 Å². The number of amides is 1.